The topological polar surface area (TPSA) is 21.3 Å². The Morgan fingerprint density at radius 1 is 1.22 bits per heavy atom. The van der Waals surface area contributed by atoms with E-state index in [0.717, 1.165) is 23.6 Å². The van der Waals surface area contributed by atoms with Gasteiger partial charge in [0.2, 0.25) is 0 Å². The van der Waals surface area contributed by atoms with Crippen molar-refractivity contribution in [3.8, 4) is 5.75 Å². The van der Waals surface area contributed by atoms with Crippen molar-refractivity contribution in [3.63, 3.8) is 0 Å². The standard InChI is InChI=1S/C16H23NO/c1-11(2)18-15-7-3-12(4-8-15)16-9-13(16)10-17-14-5-6-14/h3-4,7-8,11,13-14,16-17H,5-6,9-10H2,1-2H3. The van der Waals surface area contributed by atoms with Crippen LogP contribution < -0.4 is 10.1 Å². The summed E-state index contributed by atoms with van der Waals surface area (Å²) in [6.45, 7) is 5.34. The van der Waals surface area contributed by atoms with E-state index in [-0.39, 0.29) is 6.10 Å². The Kier molecular flexibility index (Phi) is 3.29. The Balaban J connectivity index is 1.50. The van der Waals surface area contributed by atoms with Crippen LogP contribution >= 0.6 is 0 Å². The van der Waals surface area contributed by atoms with E-state index in [1.54, 1.807) is 0 Å². The molecular formula is C16H23NO. The number of rotatable bonds is 6. The summed E-state index contributed by atoms with van der Waals surface area (Å²) in [6.07, 6.45) is 4.38. The molecule has 2 atom stereocenters. The third-order valence-electron chi connectivity index (χ3n) is 3.85. The zero-order valence-electron chi connectivity index (χ0n) is 11.4. The maximum Gasteiger partial charge on any atom is 0.119 e. The lowest BCUT2D eigenvalue weighted by Gasteiger charge is -2.10. The molecule has 98 valence electrons. The van der Waals surface area contributed by atoms with E-state index >= 15 is 0 Å². The third-order valence-corrected chi connectivity index (χ3v) is 3.85. The van der Waals surface area contributed by atoms with Crippen LogP contribution in [0.1, 0.15) is 44.6 Å². The van der Waals surface area contributed by atoms with E-state index in [1.165, 1.54) is 31.4 Å². The maximum atomic E-state index is 5.67. The van der Waals surface area contributed by atoms with Crippen molar-refractivity contribution in [1.82, 2.24) is 5.32 Å². The highest BCUT2D eigenvalue weighted by Crippen LogP contribution is 2.47. The number of benzene rings is 1. The Hall–Kier alpha value is -1.02. The van der Waals surface area contributed by atoms with Crippen LogP contribution in [0, 0.1) is 5.92 Å². The van der Waals surface area contributed by atoms with Gasteiger partial charge in [0.1, 0.15) is 5.75 Å². The van der Waals surface area contributed by atoms with Crippen LogP contribution in [0.4, 0.5) is 0 Å². The quantitative estimate of drug-likeness (QED) is 0.830. The Labute approximate surface area is 110 Å². The third kappa shape index (κ3) is 3.05. The second-order valence-electron chi connectivity index (χ2n) is 6.02. The van der Waals surface area contributed by atoms with E-state index in [1.807, 2.05) is 0 Å². The summed E-state index contributed by atoms with van der Waals surface area (Å²) in [5.74, 6) is 2.63. The second-order valence-corrected chi connectivity index (χ2v) is 6.02. The summed E-state index contributed by atoms with van der Waals surface area (Å²) in [5, 5.41) is 3.63. The smallest absolute Gasteiger partial charge is 0.119 e. The minimum atomic E-state index is 0.257. The lowest BCUT2D eigenvalue weighted by Crippen LogP contribution is -2.19. The van der Waals surface area contributed by atoms with E-state index in [2.05, 4.69) is 43.4 Å². The van der Waals surface area contributed by atoms with Crippen molar-refractivity contribution in [3.05, 3.63) is 29.8 Å². The van der Waals surface area contributed by atoms with Crippen molar-refractivity contribution in [2.24, 2.45) is 5.92 Å². The SMILES string of the molecule is CC(C)Oc1ccc(C2CC2CNC2CC2)cc1. The Bertz CT molecular complexity index is 394. The normalized spacial score (nSPS) is 26.4. The summed E-state index contributed by atoms with van der Waals surface area (Å²) < 4.78 is 5.67. The van der Waals surface area contributed by atoms with Crippen molar-refractivity contribution in [2.45, 2.75) is 51.2 Å². The highest BCUT2D eigenvalue weighted by Gasteiger charge is 2.38. The van der Waals surface area contributed by atoms with Crippen LogP contribution in [0.3, 0.4) is 0 Å². The Morgan fingerprint density at radius 2 is 1.94 bits per heavy atom. The fraction of sp³-hybridized carbons (Fsp3) is 0.625. The molecule has 0 bridgehead atoms. The summed E-state index contributed by atoms with van der Waals surface area (Å²) >= 11 is 0. The first kappa shape index (κ1) is 12.0. The van der Waals surface area contributed by atoms with Gasteiger partial charge in [0.15, 0.2) is 0 Å². The molecule has 0 spiro atoms. The van der Waals surface area contributed by atoms with Crippen LogP contribution in [0.2, 0.25) is 0 Å². The van der Waals surface area contributed by atoms with Crippen LogP contribution in [0.15, 0.2) is 24.3 Å². The molecule has 2 heteroatoms. The zero-order chi connectivity index (χ0) is 12.5. The molecule has 3 rings (SSSR count). The van der Waals surface area contributed by atoms with Crippen LogP contribution in [-0.4, -0.2) is 18.7 Å². The van der Waals surface area contributed by atoms with E-state index in [4.69, 9.17) is 4.74 Å². The minimum Gasteiger partial charge on any atom is -0.491 e. The summed E-state index contributed by atoms with van der Waals surface area (Å²) in [5.41, 5.74) is 1.48. The molecule has 2 nitrogen and oxygen atoms in total. The molecule has 0 amide bonds. The Morgan fingerprint density at radius 3 is 2.56 bits per heavy atom. The molecule has 18 heavy (non-hydrogen) atoms. The average Bonchev–Trinajstić information content (AvgIpc) is 3.22. The van der Waals surface area contributed by atoms with Crippen molar-refractivity contribution in [2.75, 3.05) is 6.54 Å². The van der Waals surface area contributed by atoms with Gasteiger partial charge in [-0.15, -0.1) is 0 Å². The molecule has 1 aromatic rings. The van der Waals surface area contributed by atoms with Crippen molar-refractivity contribution < 1.29 is 4.74 Å². The molecule has 2 fully saturated rings. The average molecular weight is 245 g/mol. The van der Waals surface area contributed by atoms with E-state index in [9.17, 15) is 0 Å². The predicted octanol–water partition coefficient (Wildman–Crippen LogP) is 3.33. The van der Waals surface area contributed by atoms with Gasteiger partial charge in [-0.1, -0.05) is 12.1 Å². The van der Waals surface area contributed by atoms with E-state index < -0.39 is 0 Å². The first-order valence-electron chi connectivity index (χ1n) is 7.22. The molecule has 2 aliphatic rings. The first-order valence-corrected chi connectivity index (χ1v) is 7.22. The molecule has 2 aliphatic carbocycles. The van der Waals surface area contributed by atoms with Gasteiger partial charge in [-0.25, -0.2) is 0 Å². The molecular weight excluding hydrogens is 222 g/mol. The van der Waals surface area contributed by atoms with Gasteiger partial charge in [-0.2, -0.15) is 0 Å². The lowest BCUT2D eigenvalue weighted by molar-refractivity contribution is 0.242. The highest BCUT2D eigenvalue weighted by atomic mass is 16.5. The molecule has 2 saturated carbocycles. The number of ether oxygens (including phenoxy) is 1. The van der Waals surface area contributed by atoms with E-state index in [0.29, 0.717) is 0 Å². The summed E-state index contributed by atoms with van der Waals surface area (Å²) in [4.78, 5) is 0. The molecule has 1 N–H and O–H groups in total. The fourth-order valence-electron chi connectivity index (χ4n) is 2.55. The van der Waals surface area contributed by atoms with Gasteiger partial charge in [0.05, 0.1) is 6.10 Å². The highest BCUT2D eigenvalue weighted by molar-refractivity contribution is 5.32. The van der Waals surface area contributed by atoms with Gasteiger partial charge >= 0.3 is 0 Å². The summed E-state index contributed by atoms with van der Waals surface area (Å²) in [7, 11) is 0. The molecule has 1 aromatic carbocycles. The monoisotopic (exact) mass is 245 g/mol. The lowest BCUT2D eigenvalue weighted by atomic mass is 10.1. The van der Waals surface area contributed by atoms with Gasteiger partial charge in [0.25, 0.3) is 0 Å². The largest absolute Gasteiger partial charge is 0.491 e. The number of hydrogen-bond donors (Lipinski definition) is 1. The molecule has 2 unspecified atom stereocenters. The molecule has 0 aliphatic heterocycles. The van der Waals surface area contributed by atoms with Crippen molar-refractivity contribution >= 4 is 0 Å². The number of nitrogens with one attached hydrogen (secondary N) is 1. The van der Waals surface area contributed by atoms with Gasteiger partial charge in [-0.3, -0.25) is 0 Å². The second kappa shape index (κ2) is 4.93. The molecule has 0 radical (unpaired) electrons. The molecule has 0 saturated heterocycles. The predicted molar refractivity (Wildman–Crippen MR) is 74.1 cm³/mol. The minimum absolute atomic E-state index is 0.257. The van der Waals surface area contributed by atoms with Crippen LogP contribution in [0.5, 0.6) is 5.75 Å². The van der Waals surface area contributed by atoms with Crippen molar-refractivity contribution in [1.29, 1.82) is 0 Å². The van der Waals surface area contributed by atoms with Gasteiger partial charge in [0, 0.05) is 6.04 Å². The molecule has 0 heterocycles. The maximum absolute atomic E-state index is 5.67. The van der Waals surface area contributed by atoms with Gasteiger partial charge < -0.3 is 10.1 Å². The molecule has 0 aromatic heterocycles. The zero-order valence-corrected chi connectivity index (χ0v) is 11.4. The van der Waals surface area contributed by atoms with Gasteiger partial charge in [-0.05, 0) is 69.2 Å². The first-order chi connectivity index (χ1) is 8.72. The van der Waals surface area contributed by atoms with Crippen LogP contribution in [0.25, 0.3) is 0 Å². The number of hydrogen-bond acceptors (Lipinski definition) is 2. The fourth-order valence-corrected chi connectivity index (χ4v) is 2.55. The van der Waals surface area contributed by atoms with Crippen LogP contribution in [-0.2, 0) is 0 Å². The summed E-state index contributed by atoms with van der Waals surface area (Å²) in [6, 6.07) is 9.53.